The zero-order valence-corrected chi connectivity index (χ0v) is 17.2. The molecular weight excluding hydrogens is 372 g/mol. The van der Waals surface area contributed by atoms with Crippen molar-refractivity contribution in [2.75, 3.05) is 43.8 Å². The second kappa shape index (κ2) is 9.71. The maximum atomic E-state index is 12.4. The van der Waals surface area contributed by atoms with Crippen molar-refractivity contribution < 1.29 is 14.5 Å². The first-order valence-corrected chi connectivity index (χ1v) is 10.5. The Labute approximate surface area is 170 Å². The van der Waals surface area contributed by atoms with E-state index in [0.29, 0.717) is 25.4 Å². The molecule has 2 heterocycles. The monoisotopic (exact) mass is 399 g/mol. The first-order valence-electron chi connectivity index (χ1n) is 9.53. The van der Waals surface area contributed by atoms with E-state index in [1.807, 2.05) is 49.1 Å². The minimum atomic E-state index is 0.0282. The fourth-order valence-corrected chi connectivity index (χ4v) is 4.13. The number of carbonyl (C=O) groups excluding carboxylic acids is 2. The van der Waals surface area contributed by atoms with Gasteiger partial charge in [0.05, 0.1) is 31.9 Å². The number of para-hydroxylation sites is 1. The molecule has 1 aromatic heterocycles. The molecule has 1 aliphatic heterocycles. The van der Waals surface area contributed by atoms with E-state index >= 15 is 0 Å². The zero-order chi connectivity index (χ0) is 19.9. The lowest BCUT2D eigenvalue weighted by atomic mass is 10.1. The summed E-state index contributed by atoms with van der Waals surface area (Å²) in [5.41, 5.74) is 3.06. The van der Waals surface area contributed by atoms with Crippen molar-refractivity contribution in [2.24, 2.45) is 0 Å². The lowest BCUT2D eigenvalue weighted by Gasteiger charge is -2.32. The predicted molar refractivity (Wildman–Crippen MR) is 112 cm³/mol. The molecule has 1 aromatic carbocycles. The number of aryl methyl sites for hydroxylation is 2. The molecule has 0 bridgehead atoms. The van der Waals surface area contributed by atoms with E-state index < -0.39 is 0 Å². The third-order valence-corrected chi connectivity index (χ3v) is 5.99. The number of benzene rings is 1. The molecule has 1 fully saturated rings. The molecule has 0 atom stereocenters. The summed E-state index contributed by atoms with van der Waals surface area (Å²) in [6, 6.07) is 9.83. The summed E-state index contributed by atoms with van der Waals surface area (Å²) in [4.78, 5) is 33.0. The number of nitrogens with zero attached hydrogens (tertiary/aromatic N) is 2. The quantitative estimate of drug-likeness (QED) is 0.716. The number of rotatable bonds is 6. The molecule has 7 heteroatoms. The van der Waals surface area contributed by atoms with Gasteiger partial charge in [0.2, 0.25) is 5.91 Å². The van der Waals surface area contributed by atoms with E-state index in [2.05, 4.69) is 10.3 Å². The molecule has 2 aromatic rings. The normalized spacial score (nSPS) is 14.7. The third-order valence-electron chi connectivity index (χ3n) is 4.99. The van der Waals surface area contributed by atoms with Crippen LogP contribution < -0.4 is 10.2 Å². The van der Waals surface area contributed by atoms with Crippen LogP contribution in [-0.4, -0.2) is 60.2 Å². The lowest BCUT2D eigenvalue weighted by molar-refractivity contribution is -0.895. The van der Waals surface area contributed by atoms with Gasteiger partial charge in [0.25, 0.3) is 5.91 Å². The number of hydrogen-bond acceptors (Lipinski definition) is 4. The SMILES string of the molecule is Cc1cccc(C)c1NC(=O)C[NH+]1CCN(C(=O)CSc2ccncc2)CC1. The van der Waals surface area contributed by atoms with Crippen molar-refractivity contribution in [2.45, 2.75) is 18.7 Å². The Balaban J connectivity index is 1.42. The van der Waals surface area contributed by atoms with Gasteiger partial charge >= 0.3 is 0 Å². The summed E-state index contributed by atoms with van der Waals surface area (Å²) in [7, 11) is 0. The van der Waals surface area contributed by atoms with Crippen LogP contribution in [0.3, 0.4) is 0 Å². The highest BCUT2D eigenvalue weighted by Crippen LogP contribution is 2.19. The highest BCUT2D eigenvalue weighted by atomic mass is 32.2. The van der Waals surface area contributed by atoms with E-state index in [0.717, 1.165) is 34.8 Å². The standard InChI is InChI=1S/C21H26N4O2S/c1-16-4-3-5-17(2)21(16)23-19(26)14-24-10-12-25(13-11-24)20(27)15-28-18-6-8-22-9-7-18/h3-9H,10-15H2,1-2H3,(H,23,26)/p+1. The van der Waals surface area contributed by atoms with Crippen LogP contribution in [0.4, 0.5) is 5.69 Å². The van der Waals surface area contributed by atoms with Gasteiger partial charge in [-0.15, -0.1) is 11.8 Å². The van der Waals surface area contributed by atoms with Gasteiger partial charge in [-0.3, -0.25) is 14.6 Å². The molecule has 2 amide bonds. The van der Waals surface area contributed by atoms with E-state index in [9.17, 15) is 9.59 Å². The van der Waals surface area contributed by atoms with Crippen LogP contribution in [0.25, 0.3) is 0 Å². The summed E-state index contributed by atoms with van der Waals surface area (Å²) in [5, 5.41) is 3.05. The molecule has 1 aliphatic rings. The Bertz CT molecular complexity index is 800. The molecule has 0 spiro atoms. The number of piperazine rings is 1. The average molecular weight is 400 g/mol. The number of amides is 2. The number of quaternary nitrogens is 1. The number of carbonyl (C=O) groups is 2. The Hall–Kier alpha value is -2.38. The number of pyridine rings is 1. The average Bonchev–Trinajstić information content (AvgIpc) is 2.70. The highest BCUT2D eigenvalue weighted by Gasteiger charge is 2.25. The van der Waals surface area contributed by atoms with Crippen molar-refractivity contribution >= 4 is 29.3 Å². The number of aromatic nitrogens is 1. The van der Waals surface area contributed by atoms with Gasteiger partial charge in [-0.25, -0.2) is 0 Å². The summed E-state index contributed by atoms with van der Waals surface area (Å²) >= 11 is 1.54. The Morgan fingerprint density at radius 2 is 1.75 bits per heavy atom. The van der Waals surface area contributed by atoms with E-state index in [1.165, 1.54) is 16.7 Å². The van der Waals surface area contributed by atoms with Gasteiger partial charge in [0.1, 0.15) is 0 Å². The van der Waals surface area contributed by atoms with Gasteiger partial charge in [-0.05, 0) is 37.1 Å². The van der Waals surface area contributed by atoms with Crippen molar-refractivity contribution in [1.82, 2.24) is 9.88 Å². The third kappa shape index (κ3) is 5.56. The molecule has 28 heavy (non-hydrogen) atoms. The molecule has 0 aliphatic carbocycles. The van der Waals surface area contributed by atoms with E-state index in [4.69, 9.17) is 0 Å². The molecular formula is C21H27N4O2S+. The number of hydrogen-bond donors (Lipinski definition) is 2. The molecule has 0 radical (unpaired) electrons. The van der Waals surface area contributed by atoms with Gasteiger partial charge in [-0.1, -0.05) is 18.2 Å². The largest absolute Gasteiger partial charge is 0.331 e. The molecule has 2 N–H and O–H groups in total. The van der Waals surface area contributed by atoms with E-state index in [-0.39, 0.29) is 11.8 Å². The highest BCUT2D eigenvalue weighted by molar-refractivity contribution is 8.00. The summed E-state index contributed by atoms with van der Waals surface area (Å²) in [6.45, 7) is 7.43. The maximum absolute atomic E-state index is 12.4. The second-order valence-corrected chi connectivity index (χ2v) is 8.14. The van der Waals surface area contributed by atoms with Gasteiger partial charge in [-0.2, -0.15) is 0 Å². The van der Waals surface area contributed by atoms with Crippen LogP contribution >= 0.6 is 11.8 Å². The number of anilines is 1. The van der Waals surface area contributed by atoms with Crippen LogP contribution in [0, 0.1) is 13.8 Å². The first-order chi connectivity index (χ1) is 13.5. The van der Waals surface area contributed by atoms with Crippen LogP contribution in [0.2, 0.25) is 0 Å². The van der Waals surface area contributed by atoms with Crippen LogP contribution in [-0.2, 0) is 9.59 Å². The van der Waals surface area contributed by atoms with Crippen molar-refractivity contribution in [3.63, 3.8) is 0 Å². The van der Waals surface area contributed by atoms with Crippen LogP contribution in [0.5, 0.6) is 0 Å². The summed E-state index contributed by atoms with van der Waals surface area (Å²) in [6.07, 6.45) is 3.47. The molecule has 3 rings (SSSR count). The number of thioether (sulfide) groups is 1. The lowest BCUT2D eigenvalue weighted by Crippen LogP contribution is -3.15. The Morgan fingerprint density at radius 1 is 1.11 bits per heavy atom. The molecule has 0 saturated carbocycles. The maximum Gasteiger partial charge on any atom is 0.279 e. The Kier molecular flexibility index (Phi) is 7.06. The van der Waals surface area contributed by atoms with E-state index in [1.54, 1.807) is 12.4 Å². The fraction of sp³-hybridized carbons (Fsp3) is 0.381. The van der Waals surface area contributed by atoms with Crippen molar-refractivity contribution in [1.29, 1.82) is 0 Å². The smallest absolute Gasteiger partial charge is 0.279 e. The first kappa shape index (κ1) is 20.4. The van der Waals surface area contributed by atoms with Gasteiger partial charge in [0.15, 0.2) is 6.54 Å². The van der Waals surface area contributed by atoms with Gasteiger partial charge < -0.3 is 15.1 Å². The van der Waals surface area contributed by atoms with Crippen LogP contribution in [0.1, 0.15) is 11.1 Å². The topological polar surface area (TPSA) is 66.7 Å². The predicted octanol–water partition coefficient (Wildman–Crippen LogP) is 1.16. The fourth-order valence-electron chi connectivity index (χ4n) is 3.34. The molecule has 6 nitrogen and oxygen atoms in total. The number of nitrogens with one attached hydrogen (secondary N) is 2. The zero-order valence-electron chi connectivity index (χ0n) is 16.4. The van der Waals surface area contributed by atoms with Crippen LogP contribution in [0.15, 0.2) is 47.6 Å². The van der Waals surface area contributed by atoms with Crippen molar-refractivity contribution in [3.05, 3.63) is 53.9 Å². The molecule has 0 unspecified atom stereocenters. The minimum Gasteiger partial charge on any atom is -0.331 e. The molecule has 148 valence electrons. The molecule has 1 saturated heterocycles. The summed E-state index contributed by atoms with van der Waals surface area (Å²) in [5.74, 6) is 0.619. The van der Waals surface area contributed by atoms with Gasteiger partial charge in [0, 0.05) is 23.0 Å². The summed E-state index contributed by atoms with van der Waals surface area (Å²) < 4.78 is 0. The second-order valence-electron chi connectivity index (χ2n) is 7.09. The Morgan fingerprint density at radius 3 is 2.39 bits per heavy atom. The minimum absolute atomic E-state index is 0.0282. The van der Waals surface area contributed by atoms with Crippen molar-refractivity contribution in [3.8, 4) is 0 Å².